The third-order valence-corrected chi connectivity index (χ3v) is 5.33. The number of methoxy groups -OCH3 is 1. The molecule has 30 heavy (non-hydrogen) atoms. The molecule has 150 valence electrons. The second-order valence-corrected chi connectivity index (χ2v) is 7.25. The molecule has 3 aromatic rings. The lowest BCUT2D eigenvalue weighted by molar-refractivity contribution is -0.135. The van der Waals surface area contributed by atoms with Gasteiger partial charge in [-0.2, -0.15) is 0 Å². The Bertz CT molecular complexity index is 1200. The second kappa shape index (κ2) is 6.91. The van der Waals surface area contributed by atoms with Crippen LogP contribution in [0, 0.1) is 6.92 Å². The Morgan fingerprint density at radius 3 is 2.50 bits per heavy atom. The van der Waals surface area contributed by atoms with Crippen LogP contribution in [0.3, 0.4) is 0 Å². The van der Waals surface area contributed by atoms with E-state index in [0.717, 1.165) is 17.1 Å². The monoisotopic (exact) mass is 402 g/mol. The molecule has 0 aliphatic carbocycles. The summed E-state index contributed by atoms with van der Waals surface area (Å²) in [4.78, 5) is 25.2. The van der Waals surface area contributed by atoms with Crippen molar-refractivity contribution in [1.29, 1.82) is 0 Å². The normalized spacial score (nSPS) is 18.6. The molecule has 2 aromatic carbocycles. The summed E-state index contributed by atoms with van der Waals surface area (Å²) in [6.45, 7) is 1.83. The molecule has 6 nitrogen and oxygen atoms in total. The number of ether oxygens (including phenoxy) is 3. The van der Waals surface area contributed by atoms with Gasteiger partial charge in [0.25, 0.3) is 0 Å². The van der Waals surface area contributed by atoms with Gasteiger partial charge >= 0.3 is 5.97 Å². The quantitative estimate of drug-likeness (QED) is 0.361. The van der Waals surface area contributed by atoms with E-state index in [-0.39, 0.29) is 29.9 Å². The summed E-state index contributed by atoms with van der Waals surface area (Å²) in [5, 5.41) is 0. The summed E-state index contributed by atoms with van der Waals surface area (Å²) in [6, 6.07) is 14.4. The van der Waals surface area contributed by atoms with E-state index in [4.69, 9.17) is 18.6 Å². The topological polar surface area (TPSA) is 75.0 Å². The van der Waals surface area contributed by atoms with Gasteiger partial charge in [-0.25, -0.2) is 0 Å². The predicted octanol–water partition coefficient (Wildman–Crippen LogP) is 4.65. The first kappa shape index (κ1) is 18.2. The van der Waals surface area contributed by atoms with Gasteiger partial charge < -0.3 is 18.6 Å². The number of ketones is 1. The molecule has 2 aliphatic rings. The number of carbonyl (C=O) groups excluding carboxylic acids is 2. The Hall–Kier alpha value is -3.80. The first-order valence-corrected chi connectivity index (χ1v) is 9.55. The van der Waals surface area contributed by atoms with Crippen LogP contribution in [0.2, 0.25) is 0 Å². The smallest absolute Gasteiger partial charge is 0.312 e. The van der Waals surface area contributed by atoms with Gasteiger partial charge in [0.05, 0.1) is 19.1 Å². The maximum atomic E-state index is 12.9. The summed E-state index contributed by atoms with van der Waals surface area (Å²) in [5.74, 6) is 2.18. The van der Waals surface area contributed by atoms with Crippen LogP contribution in [0.15, 0.2) is 58.7 Å². The molecule has 0 bridgehead atoms. The van der Waals surface area contributed by atoms with Crippen molar-refractivity contribution in [1.82, 2.24) is 0 Å². The summed E-state index contributed by atoms with van der Waals surface area (Å²) in [7, 11) is 1.60. The minimum Gasteiger partial charge on any atom is -0.497 e. The van der Waals surface area contributed by atoms with Gasteiger partial charge in [0.15, 0.2) is 5.76 Å². The Balaban J connectivity index is 1.60. The summed E-state index contributed by atoms with van der Waals surface area (Å²) < 4.78 is 22.2. The molecule has 0 saturated heterocycles. The third-order valence-electron chi connectivity index (χ3n) is 5.33. The highest BCUT2D eigenvalue weighted by Gasteiger charge is 2.38. The number of esters is 1. The van der Waals surface area contributed by atoms with Crippen molar-refractivity contribution >= 4 is 17.8 Å². The van der Waals surface area contributed by atoms with E-state index in [1.807, 2.05) is 37.3 Å². The van der Waals surface area contributed by atoms with Gasteiger partial charge in [-0.05, 0) is 48.9 Å². The fraction of sp³-hybridized carbons (Fsp3) is 0.167. The van der Waals surface area contributed by atoms with Gasteiger partial charge in [0.1, 0.15) is 28.8 Å². The molecule has 0 spiro atoms. The number of aryl methyl sites for hydroxylation is 1. The van der Waals surface area contributed by atoms with Crippen molar-refractivity contribution in [3.05, 3.63) is 82.5 Å². The highest BCUT2D eigenvalue weighted by atomic mass is 16.5. The Morgan fingerprint density at radius 2 is 1.80 bits per heavy atom. The van der Waals surface area contributed by atoms with Crippen molar-refractivity contribution in [2.45, 2.75) is 19.3 Å². The molecule has 0 amide bonds. The molecule has 1 atom stereocenters. The molecule has 3 heterocycles. The zero-order valence-electron chi connectivity index (χ0n) is 16.4. The summed E-state index contributed by atoms with van der Waals surface area (Å²) in [5.41, 5.74) is 2.06. The number of hydrogen-bond donors (Lipinski definition) is 0. The van der Waals surface area contributed by atoms with Crippen LogP contribution in [-0.4, -0.2) is 18.9 Å². The number of carbonyl (C=O) groups is 2. The van der Waals surface area contributed by atoms with Crippen molar-refractivity contribution < 1.29 is 28.2 Å². The van der Waals surface area contributed by atoms with Crippen LogP contribution in [0.25, 0.3) is 6.08 Å². The Kier molecular flexibility index (Phi) is 4.20. The first-order valence-electron chi connectivity index (χ1n) is 9.55. The minimum absolute atomic E-state index is 0.157. The van der Waals surface area contributed by atoms with Crippen LogP contribution in [-0.2, 0) is 4.79 Å². The molecule has 5 rings (SSSR count). The van der Waals surface area contributed by atoms with E-state index in [0.29, 0.717) is 28.4 Å². The maximum absolute atomic E-state index is 12.9. The number of fused-ring (bicyclic) bond motifs is 3. The predicted molar refractivity (Wildman–Crippen MR) is 108 cm³/mol. The lowest BCUT2D eigenvalue weighted by Crippen LogP contribution is -2.21. The molecule has 0 fully saturated rings. The lowest BCUT2D eigenvalue weighted by Gasteiger charge is -2.26. The highest BCUT2D eigenvalue weighted by molar-refractivity contribution is 6.15. The van der Waals surface area contributed by atoms with Gasteiger partial charge in [-0.3, -0.25) is 9.59 Å². The number of Topliss-reactive ketones (excluding diaryl/α,β-unsaturated/α-hetero) is 1. The van der Waals surface area contributed by atoms with Crippen LogP contribution >= 0.6 is 0 Å². The minimum atomic E-state index is -0.325. The zero-order valence-corrected chi connectivity index (χ0v) is 16.4. The van der Waals surface area contributed by atoms with Crippen LogP contribution in [0.4, 0.5) is 0 Å². The van der Waals surface area contributed by atoms with Gasteiger partial charge in [-0.1, -0.05) is 12.1 Å². The SMILES string of the molecule is COc1ccc([C@H]2CC(=O)Oc3ccc4c(c32)O/C(=C\c2ccc(C)o2)C4=O)cc1. The molecule has 0 saturated carbocycles. The summed E-state index contributed by atoms with van der Waals surface area (Å²) in [6.07, 6.45) is 1.74. The van der Waals surface area contributed by atoms with E-state index in [9.17, 15) is 9.59 Å². The number of allylic oxidation sites excluding steroid dienone is 1. The molecule has 0 radical (unpaired) electrons. The third kappa shape index (κ3) is 2.97. The molecule has 6 heteroatoms. The van der Waals surface area contributed by atoms with E-state index in [1.165, 1.54) is 0 Å². The van der Waals surface area contributed by atoms with Gasteiger partial charge in [-0.15, -0.1) is 0 Å². The van der Waals surface area contributed by atoms with Crippen molar-refractivity contribution in [2.75, 3.05) is 7.11 Å². The highest BCUT2D eigenvalue weighted by Crippen LogP contribution is 2.49. The number of rotatable bonds is 3. The first-order chi connectivity index (χ1) is 14.5. The Labute approximate surface area is 172 Å². The maximum Gasteiger partial charge on any atom is 0.312 e. The van der Waals surface area contributed by atoms with Crippen molar-refractivity contribution in [3.8, 4) is 17.2 Å². The van der Waals surface area contributed by atoms with Crippen LogP contribution in [0.1, 0.15) is 45.3 Å². The lowest BCUT2D eigenvalue weighted by atomic mass is 9.84. The molecular formula is C24H18O6. The molecule has 2 aliphatic heterocycles. The van der Waals surface area contributed by atoms with E-state index in [2.05, 4.69) is 0 Å². The van der Waals surface area contributed by atoms with Crippen molar-refractivity contribution in [3.63, 3.8) is 0 Å². The second-order valence-electron chi connectivity index (χ2n) is 7.25. The standard InChI is InChI=1S/C24H18O6/c1-13-3-6-16(28-13)11-20-23(26)17-9-10-19-22(24(17)30-20)18(12-21(25)29-19)14-4-7-15(27-2)8-5-14/h3-11,18H,12H2,1-2H3/b20-11-/t18-/m1/s1. The van der Waals surface area contributed by atoms with Gasteiger partial charge in [0.2, 0.25) is 5.78 Å². The molecular weight excluding hydrogens is 384 g/mol. The van der Waals surface area contributed by atoms with Crippen LogP contribution in [0.5, 0.6) is 17.2 Å². The molecule has 1 aromatic heterocycles. The summed E-state index contributed by atoms with van der Waals surface area (Å²) >= 11 is 0. The fourth-order valence-electron chi connectivity index (χ4n) is 3.89. The number of benzene rings is 2. The molecule has 0 N–H and O–H groups in total. The largest absolute Gasteiger partial charge is 0.497 e. The van der Waals surface area contributed by atoms with Crippen LogP contribution < -0.4 is 14.2 Å². The van der Waals surface area contributed by atoms with E-state index in [1.54, 1.807) is 31.4 Å². The molecule has 0 unspecified atom stereocenters. The Morgan fingerprint density at radius 1 is 1.00 bits per heavy atom. The average Bonchev–Trinajstić information content (AvgIpc) is 3.30. The van der Waals surface area contributed by atoms with Gasteiger partial charge in [0, 0.05) is 17.6 Å². The van der Waals surface area contributed by atoms with Crippen molar-refractivity contribution in [2.24, 2.45) is 0 Å². The number of hydrogen-bond acceptors (Lipinski definition) is 6. The van der Waals surface area contributed by atoms with E-state index < -0.39 is 0 Å². The van der Waals surface area contributed by atoms with E-state index >= 15 is 0 Å². The number of furan rings is 1. The average molecular weight is 402 g/mol. The fourth-order valence-corrected chi connectivity index (χ4v) is 3.89. The zero-order chi connectivity index (χ0) is 20.8.